The first-order chi connectivity index (χ1) is 11.2. The van der Waals surface area contributed by atoms with Crippen molar-refractivity contribution in [2.45, 2.75) is 44.3 Å². The molecule has 0 aromatic carbocycles. The average Bonchev–Trinajstić information content (AvgIpc) is 2.96. The van der Waals surface area contributed by atoms with E-state index in [1.807, 2.05) is 17.8 Å². The van der Waals surface area contributed by atoms with Crippen LogP contribution in [-0.2, 0) is 13.6 Å². The van der Waals surface area contributed by atoms with Gasteiger partial charge in [0.1, 0.15) is 5.82 Å². The maximum atomic E-state index is 12.0. The van der Waals surface area contributed by atoms with Crippen LogP contribution in [0, 0.1) is 0 Å². The van der Waals surface area contributed by atoms with Crippen molar-refractivity contribution in [3.05, 3.63) is 29.9 Å². The lowest BCUT2D eigenvalue weighted by molar-refractivity contribution is 0.0937. The summed E-state index contributed by atoms with van der Waals surface area (Å²) in [5, 5.41) is 6.72. The number of nitrogens with zero attached hydrogens (tertiary/aromatic N) is 5. The maximum absolute atomic E-state index is 12.0. The third-order valence-corrected chi connectivity index (χ3v) is 4.47. The molecule has 23 heavy (non-hydrogen) atoms. The zero-order valence-corrected chi connectivity index (χ0v) is 13.1. The summed E-state index contributed by atoms with van der Waals surface area (Å²) in [6.45, 7) is 1.70. The smallest absolute Gasteiger partial charge is 0.292 e. The Morgan fingerprint density at radius 1 is 1.43 bits per heavy atom. The molecule has 0 spiro atoms. The van der Waals surface area contributed by atoms with E-state index in [2.05, 4.69) is 25.3 Å². The minimum absolute atomic E-state index is 0.0571. The summed E-state index contributed by atoms with van der Waals surface area (Å²) in [5.41, 5.74) is 0. The van der Waals surface area contributed by atoms with Crippen LogP contribution in [0.1, 0.15) is 54.1 Å². The van der Waals surface area contributed by atoms with Crippen LogP contribution in [0.5, 0.6) is 0 Å². The summed E-state index contributed by atoms with van der Waals surface area (Å²) in [5.74, 6) is 1.42. The van der Waals surface area contributed by atoms with E-state index >= 15 is 0 Å². The fourth-order valence-electron chi connectivity index (χ4n) is 2.97. The highest BCUT2D eigenvalue weighted by Crippen LogP contribution is 2.32. The number of hydrogen-bond donors (Lipinski definition) is 1. The summed E-state index contributed by atoms with van der Waals surface area (Å²) in [7, 11) is 1.99. The Kier molecular flexibility index (Phi) is 3.60. The quantitative estimate of drug-likeness (QED) is 0.886. The molecule has 122 valence electrons. The Labute approximate surface area is 133 Å². The zero-order valence-electron chi connectivity index (χ0n) is 13.1. The third-order valence-electron chi connectivity index (χ3n) is 4.47. The molecule has 0 radical (unpaired) electrons. The van der Waals surface area contributed by atoms with E-state index in [1.54, 1.807) is 6.20 Å². The van der Waals surface area contributed by atoms with E-state index < -0.39 is 0 Å². The molecule has 1 aliphatic carbocycles. The maximum Gasteiger partial charge on any atom is 0.292 e. The molecule has 1 N–H and O–H groups in total. The monoisotopic (exact) mass is 316 g/mol. The summed E-state index contributed by atoms with van der Waals surface area (Å²) in [6.07, 6.45) is 7.84. The van der Waals surface area contributed by atoms with Gasteiger partial charge in [-0.15, -0.1) is 0 Å². The molecular weight excluding hydrogens is 296 g/mol. The topological polar surface area (TPSA) is 89.1 Å². The molecule has 2 aliphatic rings. The predicted molar refractivity (Wildman–Crippen MR) is 80.4 cm³/mol. The third kappa shape index (κ3) is 2.98. The summed E-state index contributed by atoms with van der Waals surface area (Å²) in [4.78, 5) is 22.9. The van der Waals surface area contributed by atoms with E-state index in [0.717, 1.165) is 44.6 Å². The molecular formula is C15H20N6O2. The van der Waals surface area contributed by atoms with Gasteiger partial charge in [0.05, 0.1) is 12.6 Å². The Bertz CT molecular complexity index is 704. The van der Waals surface area contributed by atoms with Gasteiger partial charge in [0.2, 0.25) is 5.89 Å². The van der Waals surface area contributed by atoms with Gasteiger partial charge < -0.3 is 14.4 Å². The predicted octanol–water partition coefficient (Wildman–Crippen LogP) is 1.03. The lowest BCUT2D eigenvalue weighted by Gasteiger charge is -2.20. The number of carbonyl (C=O) groups excluding carboxylic acids is 1. The number of amides is 1. The van der Waals surface area contributed by atoms with Crippen molar-refractivity contribution in [2.24, 2.45) is 7.05 Å². The van der Waals surface area contributed by atoms with Gasteiger partial charge in [0.25, 0.3) is 11.7 Å². The van der Waals surface area contributed by atoms with E-state index in [-0.39, 0.29) is 23.8 Å². The first-order valence-electron chi connectivity index (χ1n) is 8.05. The number of likely N-dealkylation sites (tertiary alicyclic amines) is 1. The number of hydrogen-bond acceptors (Lipinski definition) is 6. The van der Waals surface area contributed by atoms with Crippen molar-refractivity contribution in [2.75, 3.05) is 6.54 Å². The highest BCUT2D eigenvalue weighted by atomic mass is 16.5. The van der Waals surface area contributed by atoms with Gasteiger partial charge in [-0.3, -0.25) is 9.69 Å². The van der Waals surface area contributed by atoms with Crippen LogP contribution < -0.4 is 5.32 Å². The molecule has 1 amide bonds. The van der Waals surface area contributed by atoms with Crippen LogP contribution in [0.4, 0.5) is 0 Å². The Balaban J connectivity index is 1.46. The molecule has 1 saturated carbocycles. The lowest BCUT2D eigenvalue weighted by Crippen LogP contribution is -2.27. The molecule has 4 rings (SSSR count). The molecule has 2 aromatic rings. The highest BCUT2D eigenvalue weighted by molar-refractivity contribution is 5.90. The minimum Gasteiger partial charge on any atom is -0.346 e. The summed E-state index contributed by atoms with van der Waals surface area (Å²) in [6, 6.07) is 0.345. The molecule has 8 heteroatoms. The first kappa shape index (κ1) is 14.4. The number of carbonyl (C=O) groups is 1. The van der Waals surface area contributed by atoms with Crippen LogP contribution in [0.3, 0.4) is 0 Å². The van der Waals surface area contributed by atoms with E-state index in [1.165, 1.54) is 0 Å². The van der Waals surface area contributed by atoms with Crippen LogP contribution in [0.25, 0.3) is 0 Å². The van der Waals surface area contributed by atoms with E-state index in [0.29, 0.717) is 5.89 Å². The summed E-state index contributed by atoms with van der Waals surface area (Å²) >= 11 is 0. The Morgan fingerprint density at radius 2 is 2.30 bits per heavy atom. The SMILES string of the molecule is Cn1ccnc1CN1CCC[C@H]1c1nc(C(=O)NC2CC2)no1. The van der Waals surface area contributed by atoms with Crippen molar-refractivity contribution in [1.29, 1.82) is 0 Å². The Hall–Kier alpha value is -2.22. The number of imidazole rings is 1. The molecule has 1 saturated heterocycles. The second-order valence-electron chi connectivity index (χ2n) is 6.29. The molecule has 0 unspecified atom stereocenters. The van der Waals surface area contributed by atoms with Crippen LogP contribution in [0.15, 0.2) is 16.9 Å². The van der Waals surface area contributed by atoms with Crippen molar-refractivity contribution in [3.63, 3.8) is 0 Å². The van der Waals surface area contributed by atoms with Crippen molar-refractivity contribution >= 4 is 5.91 Å². The van der Waals surface area contributed by atoms with Gasteiger partial charge in [0.15, 0.2) is 0 Å². The molecule has 1 atom stereocenters. The second kappa shape index (κ2) is 5.77. The van der Waals surface area contributed by atoms with Crippen molar-refractivity contribution in [3.8, 4) is 0 Å². The molecule has 2 fully saturated rings. The molecule has 0 bridgehead atoms. The van der Waals surface area contributed by atoms with Gasteiger partial charge in [-0.05, 0) is 32.2 Å². The lowest BCUT2D eigenvalue weighted by atomic mass is 10.2. The number of nitrogens with one attached hydrogen (secondary N) is 1. The van der Waals surface area contributed by atoms with Gasteiger partial charge in [-0.2, -0.15) is 4.98 Å². The summed E-state index contributed by atoms with van der Waals surface area (Å²) < 4.78 is 7.37. The van der Waals surface area contributed by atoms with Gasteiger partial charge in [0, 0.05) is 25.5 Å². The first-order valence-corrected chi connectivity index (χ1v) is 8.05. The number of aryl methyl sites for hydroxylation is 1. The van der Waals surface area contributed by atoms with Crippen molar-refractivity contribution in [1.82, 2.24) is 29.9 Å². The van der Waals surface area contributed by atoms with E-state index in [9.17, 15) is 4.79 Å². The average molecular weight is 316 g/mol. The largest absolute Gasteiger partial charge is 0.346 e. The van der Waals surface area contributed by atoms with Crippen molar-refractivity contribution < 1.29 is 9.32 Å². The van der Waals surface area contributed by atoms with E-state index in [4.69, 9.17) is 4.52 Å². The van der Waals surface area contributed by atoms with Gasteiger partial charge in [-0.1, -0.05) is 5.16 Å². The second-order valence-corrected chi connectivity index (χ2v) is 6.29. The molecule has 1 aliphatic heterocycles. The molecule has 3 heterocycles. The molecule has 2 aromatic heterocycles. The van der Waals surface area contributed by atoms with Crippen LogP contribution in [-0.4, -0.2) is 43.1 Å². The Morgan fingerprint density at radius 3 is 3.04 bits per heavy atom. The number of rotatable bonds is 5. The standard InChI is InChI=1S/C15H20N6O2/c1-20-8-6-16-12(20)9-21-7-2-3-11(21)15-18-13(19-23-15)14(22)17-10-4-5-10/h6,8,10-11H,2-5,7,9H2,1H3,(H,17,22)/t11-/m0/s1. The highest BCUT2D eigenvalue weighted by Gasteiger charge is 2.33. The van der Waals surface area contributed by atoms with Crippen LogP contribution in [0.2, 0.25) is 0 Å². The van der Waals surface area contributed by atoms with Gasteiger partial charge >= 0.3 is 0 Å². The fourth-order valence-corrected chi connectivity index (χ4v) is 2.97. The van der Waals surface area contributed by atoms with Gasteiger partial charge in [-0.25, -0.2) is 4.98 Å². The number of aromatic nitrogens is 4. The minimum atomic E-state index is -0.240. The normalized spacial score (nSPS) is 21.7. The zero-order chi connectivity index (χ0) is 15.8. The molecule has 8 nitrogen and oxygen atoms in total. The van der Waals surface area contributed by atoms with Crippen LogP contribution >= 0.6 is 0 Å². The fraction of sp³-hybridized carbons (Fsp3) is 0.600.